The third-order valence-corrected chi connectivity index (χ3v) is 4.46. The van der Waals surface area contributed by atoms with E-state index in [1.807, 2.05) is 6.08 Å². The molecule has 2 bridgehead atoms. The second kappa shape index (κ2) is 4.30. The molecule has 1 aromatic rings. The summed E-state index contributed by atoms with van der Waals surface area (Å²) >= 11 is 0. The predicted molar refractivity (Wildman–Crippen MR) is 72.0 cm³/mol. The van der Waals surface area contributed by atoms with Crippen molar-refractivity contribution in [2.75, 3.05) is 6.54 Å². The van der Waals surface area contributed by atoms with Crippen molar-refractivity contribution in [3.63, 3.8) is 0 Å². The summed E-state index contributed by atoms with van der Waals surface area (Å²) in [5, 5.41) is 3.43. The van der Waals surface area contributed by atoms with Gasteiger partial charge >= 0.3 is 0 Å². The molecule has 0 heterocycles. The Hall–Kier alpha value is -1.08. The molecule has 0 amide bonds. The van der Waals surface area contributed by atoms with E-state index in [0.29, 0.717) is 5.41 Å². The van der Waals surface area contributed by atoms with Crippen LogP contribution in [0.15, 0.2) is 36.9 Å². The van der Waals surface area contributed by atoms with Crippen molar-refractivity contribution in [2.45, 2.75) is 37.6 Å². The first-order valence-electron chi connectivity index (χ1n) is 6.73. The molecule has 0 aromatic heterocycles. The Kier molecular flexibility index (Phi) is 2.79. The molecule has 3 aliphatic carbocycles. The first kappa shape index (κ1) is 11.0. The summed E-state index contributed by atoms with van der Waals surface area (Å²) in [6.45, 7) is 5.72. The van der Waals surface area contributed by atoms with E-state index in [2.05, 4.69) is 36.2 Å². The van der Waals surface area contributed by atoms with Crippen LogP contribution in [0.3, 0.4) is 0 Å². The summed E-state index contributed by atoms with van der Waals surface area (Å²) < 4.78 is 0. The highest BCUT2D eigenvalue weighted by molar-refractivity contribution is 5.36. The minimum absolute atomic E-state index is 0.611. The van der Waals surface area contributed by atoms with Gasteiger partial charge in [0.1, 0.15) is 0 Å². The van der Waals surface area contributed by atoms with Gasteiger partial charge in [-0.05, 0) is 54.7 Å². The Morgan fingerprint density at radius 1 is 1.24 bits per heavy atom. The van der Waals surface area contributed by atoms with E-state index >= 15 is 0 Å². The lowest BCUT2D eigenvalue weighted by Crippen LogP contribution is -2.55. The predicted octanol–water partition coefficient (Wildman–Crippen LogP) is 3.40. The minimum Gasteiger partial charge on any atom is -0.312 e. The SMILES string of the molecule is C=CCCNCc1ccc(C23CC(C2)C3)cc1. The van der Waals surface area contributed by atoms with E-state index in [0.717, 1.165) is 25.4 Å². The number of rotatable bonds is 6. The topological polar surface area (TPSA) is 12.0 Å². The molecule has 1 nitrogen and oxygen atoms in total. The van der Waals surface area contributed by atoms with Crippen LogP contribution < -0.4 is 5.32 Å². The average molecular weight is 227 g/mol. The normalized spacial score (nSPS) is 29.3. The van der Waals surface area contributed by atoms with Gasteiger partial charge in [-0.1, -0.05) is 30.3 Å². The van der Waals surface area contributed by atoms with Crippen LogP contribution in [0.4, 0.5) is 0 Å². The summed E-state index contributed by atoms with van der Waals surface area (Å²) in [4.78, 5) is 0. The Balaban J connectivity index is 1.55. The van der Waals surface area contributed by atoms with Crippen molar-refractivity contribution in [1.29, 1.82) is 0 Å². The van der Waals surface area contributed by atoms with Gasteiger partial charge in [0.25, 0.3) is 0 Å². The van der Waals surface area contributed by atoms with Gasteiger partial charge in [-0.3, -0.25) is 0 Å². The number of hydrogen-bond acceptors (Lipinski definition) is 1. The molecule has 0 aliphatic heterocycles. The highest BCUT2D eigenvalue weighted by Gasteiger charge is 2.57. The average Bonchev–Trinajstić information content (AvgIpc) is 2.22. The van der Waals surface area contributed by atoms with Crippen molar-refractivity contribution >= 4 is 0 Å². The molecular formula is C16H21N. The Morgan fingerprint density at radius 3 is 2.47 bits per heavy atom. The zero-order chi connectivity index (χ0) is 11.7. The second-order valence-corrected chi connectivity index (χ2v) is 5.71. The first-order chi connectivity index (χ1) is 8.32. The van der Waals surface area contributed by atoms with E-state index in [4.69, 9.17) is 0 Å². The van der Waals surface area contributed by atoms with E-state index in [1.54, 1.807) is 5.56 Å². The molecule has 1 heteroatoms. The van der Waals surface area contributed by atoms with E-state index < -0.39 is 0 Å². The number of hydrogen-bond donors (Lipinski definition) is 1. The quantitative estimate of drug-likeness (QED) is 0.580. The van der Waals surface area contributed by atoms with Crippen LogP contribution in [-0.4, -0.2) is 6.54 Å². The van der Waals surface area contributed by atoms with Gasteiger partial charge in [-0.2, -0.15) is 0 Å². The zero-order valence-electron chi connectivity index (χ0n) is 10.4. The van der Waals surface area contributed by atoms with Crippen LogP contribution in [0.1, 0.15) is 36.8 Å². The first-order valence-corrected chi connectivity index (χ1v) is 6.73. The Morgan fingerprint density at radius 2 is 1.94 bits per heavy atom. The van der Waals surface area contributed by atoms with Crippen molar-refractivity contribution in [3.8, 4) is 0 Å². The van der Waals surface area contributed by atoms with Gasteiger partial charge in [0.15, 0.2) is 0 Å². The monoisotopic (exact) mass is 227 g/mol. The molecule has 0 atom stereocenters. The molecule has 1 aromatic carbocycles. The molecule has 17 heavy (non-hydrogen) atoms. The lowest BCUT2D eigenvalue weighted by Gasteiger charge is -2.62. The molecule has 3 saturated carbocycles. The van der Waals surface area contributed by atoms with Gasteiger partial charge in [0.2, 0.25) is 0 Å². The van der Waals surface area contributed by atoms with Crippen LogP contribution in [-0.2, 0) is 12.0 Å². The van der Waals surface area contributed by atoms with Crippen LogP contribution >= 0.6 is 0 Å². The third-order valence-electron chi connectivity index (χ3n) is 4.46. The van der Waals surface area contributed by atoms with Gasteiger partial charge in [-0.15, -0.1) is 6.58 Å². The number of nitrogens with one attached hydrogen (secondary N) is 1. The molecule has 0 radical (unpaired) electrons. The molecule has 4 rings (SSSR count). The highest BCUT2D eigenvalue weighted by Crippen LogP contribution is 2.64. The summed E-state index contributed by atoms with van der Waals surface area (Å²) in [6, 6.07) is 9.27. The Labute approximate surface area is 104 Å². The maximum absolute atomic E-state index is 3.72. The van der Waals surface area contributed by atoms with E-state index in [-0.39, 0.29) is 0 Å². The molecule has 0 spiro atoms. The molecular weight excluding hydrogens is 206 g/mol. The third kappa shape index (κ3) is 1.93. The standard InChI is InChI=1S/C16H21N/c1-2-3-8-17-12-13-4-6-15(7-5-13)16-9-14(10-16)11-16/h2,4-7,14,17H,1,3,8-12H2. The fourth-order valence-corrected chi connectivity index (χ4v) is 3.24. The van der Waals surface area contributed by atoms with Gasteiger partial charge in [0.05, 0.1) is 0 Å². The van der Waals surface area contributed by atoms with E-state index in [9.17, 15) is 0 Å². The van der Waals surface area contributed by atoms with Gasteiger partial charge in [0, 0.05) is 6.54 Å². The minimum atomic E-state index is 0.611. The van der Waals surface area contributed by atoms with Crippen LogP contribution in [0, 0.1) is 5.92 Å². The summed E-state index contributed by atoms with van der Waals surface area (Å²) in [7, 11) is 0. The smallest absolute Gasteiger partial charge is 0.0205 e. The molecule has 0 saturated heterocycles. The summed E-state index contributed by atoms with van der Waals surface area (Å²) in [5.74, 6) is 1.07. The lowest BCUT2D eigenvalue weighted by molar-refractivity contribution is -0.0274. The molecule has 3 fully saturated rings. The molecule has 1 N–H and O–H groups in total. The van der Waals surface area contributed by atoms with Crippen molar-refractivity contribution in [1.82, 2.24) is 5.32 Å². The van der Waals surface area contributed by atoms with E-state index in [1.165, 1.54) is 24.8 Å². The fraction of sp³-hybridized carbons (Fsp3) is 0.500. The maximum Gasteiger partial charge on any atom is 0.0205 e. The maximum atomic E-state index is 3.72. The van der Waals surface area contributed by atoms with Crippen LogP contribution in [0.2, 0.25) is 0 Å². The van der Waals surface area contributed by atoms with Crippen molar-refractivity contribution in [3.05, 3.63) is 48.0 Å². The molecule has 90 valence electrons. The summed E-state index contributed by atoms with van der Waals surface area (Å²) in [5.41, 5.74) is 3.58. The van der Waals surface area contributed by atoms with Gasteiger partial charge < -0.3 is 5.32 Å². The highest BCUT2D eigenvalue weighted by atomic mass is 14.8. The second-order valence-electron chi connectivity index (χ2n) is 5.71. The fourth-order valence-electron chi connectivity index (χ4n) is 3.24. The van der Waals surface area contributed by atoms with Gasteiger partial charge in [-0.25, -0.2) is 0 Å². The van der Waals surface area contributed by atoms with Crippen molar-refractivity contribution in [2.24, 2.45) is 5.92 Å². The van der Waals surface area contributed by atoms with Crippen LogP contribution in [0.5, 0.6) is 0 Å². The van der Waals surface area contributed by atoms with Crippen molar-refractivity contribution < 1.29 is 0 Å². The molecule has 3 aliphatic rings. The zero-order valence-corrected chi connectivity index (χ0v) is 10.4. The lowest BCUT2D eigenvalue weighted by atomic mass is 9.42. The summed E-state index contributed by atoms with van der Waals surface area (Å²) in [6.07, 6.45) is 7.35. The van der Waals surface area contributed by atoms with Crippen LogP contribution in [0.25, 0.3) is 0 Å². The largest absolute Gasteiger partial charge is 0.312 e. The molecule has 0 unspecified atom stereocenters. The number of benzene rings is 1. The Bertz CT molecular complexity index is 387.